The minimum absolute atomic E-state index is 0.330. The predicted octanol–water partition coefficient (Wildman–Crippen LogP) is 2.73. The first-order valence-corrected chi connectivity index (χ1v) is 7.06. The first kappa shape index (κ1) is 13.0. The molecule has 100 valence electrons. The van der Waals surface area contributed by atoms with Gasteiger partial charge in [-0.3, -0.25) is 0 Å². The Balaban J connectivity index is 2.02. The van der Waals surface area contributed by atoms with Crippen molar-refractivity contribution < 1.29 is 13.7 Å². The fourth-order valence-corrected chi connectivity index (χ4v) is 2.80. The first-order chi connectivity index (χ1) is 8.80. The molecule has 1 aromatic carbocycles. The van der Waals surface area contributed by atoms with Gasteiger partial charge in [0, 0.05) is 0 Å². The van der Waals surface area contributed by atoms with Gasteiger partial charge >= 0.3 is 7.12 Å². The molecule has 19 heavy (non-hydrogen) atoms. The van der Waals surface area contributed by atoms with Gasteiger partial charge in [-0.15, -0.1) is 11.3 Å². The van der Waals surface area contributed by atoms with E-state index in [-0.39, 0.29) is 5.82 Å². The summed E-state index contributed by atoms with van der Waals surface area (Å²) in [4.78, 5) is 4.01. The van der Waals surface area contributed by atoms with Crippen LogP contribution < -0.4 is 5.46 Å². The van der Waals surface area contributed by atoms with E-state index < -0.39 is 18.3 Å². The van der Waals surface area contributed by atoms with Gasteiger partial charge in [-0.1, -0.05) is 0 Å². The quantitative estimate of drug-likeness (QED) is 0.752. The molecule has 2 aromatic rings. The highest BCUT2D eigenvalue weighted by atomic mass is 32.1. The Bertz CT molecular complexity index is 625. The standard InChI is InChI=1S/C13H15BFNO2S/c1-12(2)13(3,4)18-14(17-12)8-5-9(15)11-10(6-8)19-7-16-11/h5-7H,1-4H3. The summed E-state index contributed by atoms with van der Waals surface area (Å²) in [6.45, 7) is 7.92. The maximum Gasteiger partial charge on any atom is 0.494 e. The first-order valence-electron chi connectivity index (χ1n) is 6.18. The van der Waals surface area contributed by atoms with Crippen LogP contribution in [0.2, 0.25) is 0 Å². The molecule has 0 radical (unpaired) electrons. The SMILES string of the molecule is CC1(C)OB(c2cc(F)c3ncsc3c2)OC1(C)C. The number of hydrogen-bond donors (Lipinski definition) is 0. The largest absolute Gasteiger partial charge is 0.494 e. The Morgan fingerprint density at radius 3 is 2.42 bits per heavy atom. The lowest BCUT2D eigenvalue weighted by Crippen LogP contribution is -2.41. The van der Waals surface area contributed by atoms with Gasteiger partial charge in [0.25, 0.3) is 0 Å². The van der Waals surface area contributed by atoms with Gasteiger partial charge in [-0.05, 0) is 45.3 Å². The number of benzene rings is 1. The van der Waals surface area contributed by atoms with Crippen molar-refractivity contribution in [2.24, 2.45) is 0 Å². The lowest BCUT2D eigenvalue weighted by molar-refractivity contribution is 0.00578. The van der Waals surface area contributed by atoms with E-state index in [4.69, 9.17) is 9.31 Å². The van der Waals surface area contributed by atoms with Crippen LogP contribution >= 0.6 is 11.3 Å². The number of fused-ring (bicyclic) bond motifs is 1. The molecule has 1 saturated heterocycles. The lowest BCUT2D eigenvalue weighted by atomic mass is 9.79. The normalized spacial score (nSPS) is 21.2. The summed E-state index contributed by atoms with van der Waals surface area (Å²) < 4.78 is 26.6. The Morgan fingerprint density at radius 2 is 1.79 bits per heavy atom. The van der Waals surface area contributed by atoms with Crippen molar-refractivity contribution in [2.75, 3.05) is 0 Å². The smallest absolute Gasteiger partial charge is 0.399 e. The zero-order chi connectivity index (χ0) is 13.8. The topological polar surface area (TPSA) is 31.4 Å². The Morgan fingerprint density at radius 1 is 1.16 bits per heavy atom. The Hall–Kier alpha value is -0.975. The van der Waals surface area contributed by atoms with Crippen molar-refractivity contribution in [3.05, 3.63) is 23.5 Å². The summed E-state index contributed by atoms with van der Waals surface area (Å²) >= 11 is 1.41. The van der Waals surface area contributed by atoms with Crippen molar-refractivity contribution >= 4 is 34.1 Å². The number of nitrogens with zero attached hydrogens (tertiary/aromatic N) is 1. The van der Waals surface area contributed by atoms with Gasteiger partial charge in [-0.25, -0.2) is 9.37 Å². The Kier molecular flexibility index (Phi) is 2.75. The highest BCUT2D eigenvalue weighted by molar-refractivity contribution is 7.16. The fourth-order valence-electron chi connectivity index (χ4n) is 2.06. The van der Waals surface area contributed by atoms with Crippen molar-refractivity contribution in [3.8, 4) is 0 Å². The van der Waals surface area contributed by atoms with Crippen LogP contribution in [0.5, 0.6) is 0 Å². The summed E-state index contributed by atoms with van der Waals surface area (Å²) in [5, 5.41) is 0. The molecular weight excluding hydrogens is 264 g/mol. The van der Waals surface area contributed by atoms with Gasteiger partial charge in [0.1, 0.15) is 11.3 Å². The summed E-state index contributed by atoms with van der Waals surface area (Å²) in [7, 11) is -0.536. The van der Waals surface area contributed by atoms with E-state index in [1.165, 1.54) is 17.4 Å². The molecule has 1 aliphatic heterocycles. The highest BCUT2D eigenvalue weighted by Gasteiger charge is 2.51. The molecule has 0 bridgehead atoms. The second-order valence-corrected chi connectivity index (χ2v) is 6.68. The van der Waals surface area contributed by atoms with Crippen LogP contribution in [0.1, 0.15) is 27.7 Å². The number of aromatic nitrogens is 1. The zero-order valence-corrected chi connectivity index (χ0v) is 12.2. The fraction of sp³-hybridized carbons (Fsp3) is 0.462. The number of halogens is 1. The molecule has 6 heteroatoms. The molecule has 0 spiro atoms. The summed E-state index contributed by atoms with van der Waals surface area (Å²) in [5.41, 5.74) is 1.91. The van der Waals surface area contributed by atoms with E-state index in [1.54, 1.807) is 5.51 Å². The van der Waals surface area contributed by atoms with Gasteiger partial charge in [0.2, 0.25) is 0 Å². The van der Waals surface area contributed by atoms with Crippen LogP contribution in [0.15, 0.2) is 17.6 Å². The van der Waals surface area contributed by atoms with Gasteiger partial charge in [0.05, 0.1) is 21.4 Å². The number of hydrogen-bond acceptors (Lipinski definition) is 4. The minimum atomic E-state index is -0.536. The molecule has 1 aromatic heterocycles. The molecule has 2 heterocycles. The van der Waals surface area contributed by atoms with E-state index in [0.29, 0.717) is 11.0 Å². The molecule has 1 fully saturated rings. The molecule has 0 amide bonds. The monoisotopic (exact) mass is 279 g/mol. The summed E-state index contributed by atoms with van der Waals surface area (Å²) in [6.07, 6.45) is 0. The molecule has 0 saturated carbocycles. The molecular formula is C13H15BFNO2S. The third-order valence-corrected chi connectivity index (χ3v) is 4.71. The van der Waals surface area contributed by atoms with Crippen LogP contribution in [0.4, 0.5) is 4.39 Å². The van der Waals surface area contributed by atoms with Crippen molar-refractivity contribution in [3.63, 3.8) is 0 Å². The maximum absolute atomic E-state index is 14.0. The minimum Gasteiger partial charge on any atom is -0.399 e. The number of thiazole rings is 1. The second kappa shape index (κ2) is 4.01. The molecule has 0 atom stereocenters. The van der Waals surface area contributed by atoms with Crippen LogP contribution in [0, 0.1) is 5.82 Å². The molecule has 3 rings (SSSR count). The van der Waals surface area contributed by atoms with Crippen LogP contribution in [0.25, 0.3) is 10.2 Å². The van der Waals surface area contributed by atoms with Crippen molar-refractivity contribution in [2.45, 2.75) is 38.9 Å². The maximum atomic E-state index is 14.0. The molecule has 0 N–H and O–H groups in total. The number of rotatable bonds is 1. The average molecular weight is 279 g/mol. The summed E-state index contributed by atoms with van der Waals surface area (Å²) in [5.74, 6) is -0.330. The third-order valence-electron chi connectivity index (χ3n) is 3.94. The second-order valence-electron chi connectivity index (χ2n) is 5.79. The van der Waals surface area contributed by atoms with E-state index in [0.717, 1.165) is 4.70 Å². The highest BCUT2D eigenvalue weighted by Crippen LogP contribution is 2.36. The van der Waals surface area contributed by atoms with E-state index in [1.807, 2.05) is 33.8 Å². The van der Waals surface area contributed by atoms with Crippen LogP contribution in [-0.2, 0) is 9.31 Å². The lowest BCUT2D eigenvalue weighted by Gasteiger charge is -2.32. The van der Waals surface area contributed by atoms with E-state index in [2.05, 4.69) is 4.98 Å². The molecule has 0 aliphatic carbocycles. The third kappa shape index (κ3) is 1.98. The Labute approximate surface area is 115 Å². The molecule has 0 unspecified atom stereocenters. The predicted molar refractivity (Wildman–Crippen MR) is 75.3 cm³/mol. The van der Waals surface area contributed by atoms with Crippen molar-refractivity contribution in [1.29, 1.82) is 0 Å². The van der Waals surface area contributed by atoms with Gasteiger partial charge in [-0.2, -0.15) is 0 Å². The van der Waals surface area contributed by atoms with Crippen LogP contribution in [-0.4, -0.2) is 23.3 Å². The van der Waals surface area contributed by atoms with Gasteiger partial charge in [0.15, 0.2) is 0 Å². The van der Waals surface area contributed by atoms with Gasteiger partial charge < -0.3 is 9.31 Å². The average Bonchev–Trinajstić information content (AvgIpc) is 2.82. The molecule has 3 nitrogen and oxygen atoms in total. The molecule has 1 aliphatic rings. The van der Waals surface area contributed by atoms with Crippen LogP contribution in [0.3, 0.4) is 0 Å². The van der Waals surface area contributed by atoms with Crippen molar-refractivity contribution in [1.82, 2.24) is 4.98 Å². The summed E-state index contributed by atoms with van der Waals surface area (Å²) in [6, 6.07) is 3.34. The zero-order valence-electron chi connectivity index (χ0n) is 11.4. The van der Waals surface area contributed by atoms with E-state index in [9.17, 15) is 4.39 Å². The van der Waals surface area contributed by atoms with E-state index >= 15 is 0 Å².